The van der Waals surface area contributed by atoms with Gasteiger partial charge in [-0.1, -0.05) is 25.8 Å². The normalized spacial score (nSPS) is 10.4. The van der Waals surface area contributed by atoms with E-state index >= 15 is 0 Å². The molecule has 0 aliphatic carbocycles. The van der Waals surface area contributed by atoms with E-state index in [-0.39, 0.29) is 12.6 Å². The van der Waals surface area contributed by atoms with E-state index in [1.54, 1.807) is 4.90 Å². The monoisotopic (exact) mass is 278 g/mol. The van der Waals surface area contributed by atoms with Crippen molar-refractivity contribution >= 4 is 11.7 Å². The predicted molar refractivity (Wildman–Crippen MR) is 83.1 cm³/mol. The number of benzene rings is 1. The second-order valence-electron chi connectivity index (χ2n) is 5.22. The number of aliphatic hydroxyl groups excluding tert-OH is 1. The van der Waals surface area contributed by atoms with E-state index in [4.69, 9.17) is 5.11 Å². The first-order chi connectivity index (χ1) is 9.56. The van der Waals surface area contributed by atoms with Gasteiger partial charge in [-0.15, -0.1) is 0 Å². The van der Waals surface area contributed by atoms with Gasteiger partial charge >= 0.3 is 6.03 Å². The van der Waals surface area contributed by atoms with Crippen molar-refractivity contribution in [2.75, 3.05) is 25.0 Å². The van der Waals surface area contributed by atoms with Crippen molar-refractivity contribution in [2.45, 2.75) is 40.0 Å². The van der Waals surface area contributed by atoms with Crippen LogP contribution >= 0.6 is 0 Å². The van der Waals surface area contributed by atoms with E-state index < -0.39 is 0 Å². The quantitative estimate of drug-likeness (QED) is 0.752. The van der Waals surface area contributed by atoms with Gasteiger partial charge in [-0.3, -0.25) is 0 Å². The number of hydrogen-bond acceptors (Lipinski definition) is 2. The lowest BCUT2D eigenvalue weighted by atomic mass is 10.1. The maximum Gasteiger partial charge on any atom is 0.321 e. The molecule has 2 N–H and O–H groups in total. The first-order valence-corrected chi connectivity index (χ1v) is 7.32. The van der Waals surface area contributed by atoms with E-state index in [2.05, 4.69) is 18.3 Å². The van der Waals surface area contributed by atoms with Gasteiger partial charge < -0.3 is 15.3 Å². The van der Waals surface area contributed by atoms with E-state index in [1.807, 2.05) is 26.0 Å². The summed E-state index contributed by atoms with van der Waals surface area (Å²) in [7, 11) is 0. The molecule has 20 heavy (non-hydrogen) atoms. The lowest BCUT2D eigenvalue weighted by Crippen LogP contribution is -2.37. The third-order valence-electron chi connectivity index (χ3n) is 3.16. The molecule has 4 nitrogen and oxygen atoms in total. The third kappa shape index (κ3) is 5.61. The Labute approximate surface area is 121 Å². The third-order valence-corrected chi connectivity index (χ3v) is 3.16. The Bertz CT molecular complexity index is 412. The Hall–Kier alpha value is -1.55. The van der Waals surface area contributed by atoms with Gasteiger partial charge in [0.2, 0.25) is 0 Å². The SMILES string of the molecule is CCCCCN(CCO)C(=O)Nc1cc(C)cc(C)c1. The first-order valence-electron chi connectivity index (χ1n) is 7.32. The smallest absolute Gasteiger partial charge is 0.321 e. The van der Waals surface area contributed by atoms with Crippen LogP contribution in [0, 0.1) is 13.8 Å². The van der Waals surface area contributed by atoms with E-state index in [9.17, 15) is 4.79 Å². The highest BCUT2D eigenvalue weighted by atomic mass is 16.3. The fourth-order valence-corrected chi connectivity index (χ4v) is 2.24. The van der Waals surface area contributed by atoms with Gasteiger partial charge in [0.05, 0.1) is 6.61 Å². The highest BCUT2D eigenvalue weighted by Crippen LogP contribution is 2.14. The molecule has 0 saturated heterocycles. The van der Waals surface area contributed by atoms with Crippen LogP contribution < -0.4 is 5.32 Å². The van der Waals surface area contributed by atoms with Crippen molar-refractivity contribution in [3.8, 4) is 0 Å². The van der Waals surface area contributed by atoms with Crippen molar-refractivity contribution in [3.05, 3.63) is 29.3 Å². The lowest BCUT2D eigenvalue weighted by molar-refractivity contribution is 0.187. The summed E-state index contributed by atoms with van der Waals surface area (Å²) in [5, 5.41) is 12.0. The summed E-state index contributed by atoms with van der Waals surface area (Å²) >= 11 is 0. The maximum absolute atomic E-state index is 12.2. The van der Waals surface area contributed by atoms with Gasteiger partial charge in [-0.2, -0.15) is 0 Å². The van der Waals surface area contributed by atoms with Crippen molar-refractivity contribution in [3.63, 3.8) is 0 Å². The number of rotatable bonds is 7. The van der Waals surface area contributed by atoms with E-state index in [0.29, 0.717) is 13.1 Å². The highest BCUT2D eigenvalue weighted by molar-refractivity contribution is 5.89. The van der Waals surface area contributed by atoms with Crippen LogP contribution in [-0.4, -0.2) is 35.7 Å². The molecule has 0 aliphatic heterocycles. The van der Waals surface area contributed by atoms with Crippen LogP contribution in [0.4, 0.5) is 10.5 Å². The maximum atomic E-state index is 12.2. The van der Waals surface area contributed by atoms with Crippen molar-refractivity contribution in [1.29, 1.82) is 0 Å². The molecule has 0 aromatic heterocycles. The minimum absolute atomic E-state index is 0.00755. The molecule has 0 aliphatic rings. The number of carbonyl (C=O) groups is 1. The van der Waals surface area contributed by atoms with Gasteiger partial charge in [-0.05, 0) is 43.5 Å². The number of aryl methyl sites for hydroxylation is 2. The second-order valence-corrected chi connectivity index (χ2v) is 5.22. The first kappa shape index (κ1) is 16.5. The van der Waals surface area contributed by atoms with Crippen molar-refractivity contribution in [1.82, 2.24) is 4.90 Å². The van der Waals surface area contributed by atoms with Crippen LogP contribution in [-0.2, 0) is 0 Å². The molecule has 1 rings (SSSR count). The van der Waals surface area contributed by atoms with Crippen LogP contribution in [0.1, 0.15) is 37.3 Å². The number of nitrogens with zero attached hydrogens (tertiary/aromatic N) is 1. The molecule has 0 saturated carbocycles. The summed E-state index contributed by atoms with van der Waals surface area (Å²) in [6, 6.07) is 5.84. The van der Waals surface area contributed by atoms with E-state index in [1.165, 1.54) is 0 Å². The molecule has 0 bridgehead atoms. The zero-order chi connectivity index (χ0) is 15.0. The van der Waals surface area contributed by atoms with Crippen molar-refractivity contribution < 1.29 is 9.90 Å². The Balaban J connectivity index is 2.64. The second kappa shape index (κ2) is 8.59. The molecule has 0 radical (unpaired) electrons. The Kier molecular flexibility index (Phi) is 7.09. The average molecular weight is 278 g/mol. The average Bonchev–Trinajstić information content (AvgIpc) is 2.36. The fourth-order valence-electron chi connectivity index (χ4n) is 2.24. The molecule has 0 spiro atoms. The number of nitrogens with one attached hydrogen (secondary N) is 1. The number of anilines is 1. The summed E-state index contributed by atoms with van der Waals surface area (Å²) in [5.41, 5.74) is 3.06. The highest BCUT2D eigenvalue weighted by Gasteiger charge is 2.12. The number of unbranched alkanes of at least 4 members (excludes halogenated alkanes) is 2. The van der Waals surface area contributed by atoms with Gasteiger partial charge in [-0.25, -0.2) is 4.79 Å². The zero-order valence-electron chi connectivity index (χ0n) is 12.8. The molecule has 0 fully saturated rings. The predicted octanol–water partition coefficient (Wildman–Crippen LogP) is 3.32. The summed E-state index contributed by atoms with van der Waals surface area (Å²) in [6.07, 6.45) is 3.18. The van der Waals surface area contributed by atoms with Crippen LogP contribution in [0.25, 0.3) is 0 Å². The summed E-state index contributed by atoms with van der Waals surface area (Å²) in [4.78, 5) is 13.9. The zero-order valence-corrected chi connectivity index (χ0v) is 12.8. The number of amides is 2. The summed E-state index contributed by atoms with van der Waals surface area (Å²) in [5.74, 6) is 0. The van der Waals surface area contributed by atoms with Gasteiger partial charge in [0.1, 0.15) is 0 Å². The van der Waals surface area contributed by atoms with Crippen LogP contribution in [0.3, 0.4) is 0 Å². The van der Waals surface area contributed by atoms with Crippen molar-refractivity contribution in [2.24, 2.45) is 0 Å². The Morgan fingerprint density at radius 3 is 2.35 bits per heavy atom. The molecule has 112 valence electrons. The molecule has 0 unspecified atom stereocenters. The van der Waals surface area contributed by atoms with Crippen LogP contribution in [0.5, 0.6) is 0 Å². The number of aliphatic hydroxyl groups is 1. The molecule has 1 aromatic carbocycles. The topological polar surface area (TPSA) is 52.6 Å². The number of hydrogen-bond donors (Lipinski definition) is 2. The standard InChI is InChI=1S/C16H26N2O2/c1-4-5-6-7-18(8-9-19)16(20)17-15-11-13(2)10-14(3)12-15/h10-12,19H,4-9H2,1-3H3,(H,17,20). The Morgan fingerprint density at radius 1 is 1.15 bits per heavy atom. The van der Waals surface area contributed by atoms with Gasteiger partial charge in [0.15, 0.2) is 0 Å². The molecular weight excluding hydrogens is 252 g/mol. The molecular formula is C16H26N2O2. The fraction of sp³-hybridized carbons (Fsp3) is 0.562. The van der Waals surface area contributed by atoms with Gasteiger partial charge in [0.25, 0.3) is 0 Å². The van der Waals surface area contributed by atoms with Crippen LogP contribution in [0.15, 0.2) is 18.2 Å². The lowest BCUT2D eigenvalue weighted by Gasteiger charge is -2.22. The largest absolute Gasteiger partial charge is 0.395 e. The van der Waals surface area contributed by atoms with Gasteiger partial charge in [0, 0.05) is 18.8 Å². The molecule has 0 atom stereocenters. The Morgan fingerprint density at radius 2 is 1.80 bits per heavy atom. The minimum atomic E-state index is -0.139. The summed E-state index contributed by atoms with van der Waals surface area (Å²) < 4.78 is 0. The van der Waals surface area contributed by atoms with Crippen LogP contribution in [0.2, 0.25) is 0 Å². The molecule has 0 heterocycles. The number of carbonyl (C=O) groups excluding carboxylic acids is 1. The molecule has 4 heteroatoms. The molecule has 2 amide bonds. The minimum Gasteiger partial charge on any atom is -0.395 e. The molecule has 1 aromatic rings. The van der Waals surface area contributed by atoms with E-state index in [0.717, 1.165) is 36.1 Å². The number of urea groups is 1. The summed E-state index contributed by atoms with van der Waals surface area (Å²) in [6.45, 7) is 7.20.